The minimum atomic E-state index is -4.75. The molecule has 0 spiro atoms. The molecule has 6 heteroatoms. The maximum atomic E-state index is 12.8. The Morgan fingerprint density at radius 3 is 2.16 bits per heavy atom. The topological polar surface area (TPSA) is 44.5 Å². The van der Waals surface area contributed by atoms with Gasteiger partial charge < -0.3 is 15.2 Å². The zero-order valence-corrected chi connectivity index (χ0v) is 21.0. The van der Waals surface area contributed by atoms with Crippen LogP contribution in [0.15, 0.2) is 115 Å². The van der Waals surface area contributed by atoms with Crippen LogP contribution in [0.4, 0.5) is 13.2 Å². The molecular formula is C32H30F3NO2. The molecule has 0 heterocycles. The highest BCUT2D eigenvalue weighted by Crippen LogP contribution is 2.34. The predicted molar refractivity (Wildman–Crippen MR) is 145 cm³/mol. The van der Waals surface area contributed by atoms with Gasteiger partial charge in [-0.2, -0.15) is 0 Å². The second kappa shape index (κ2) is 13.0. The van der Waals surface area contributed by atoms with Gasteiger partial charge in [-0.1, -0.05) is 97.1 Å². The quantitative estimate of drug-likeness (QED) is 0.206. The molecule has 0 atom stereocenters. The largest absolute Gasteiger partial charge is 0.573 e. The number of rotatable bonds is 11. The summed E-state index contributed by atoms with van der Waals surface area (Å²) in [6, 6.07) is 34.0. The van der Waals surface area contributed by atoms with Crippen LogP contribution in [0.3, 0.4) is 0 Å². The number of hydrogen-bond acceptors (Lipinski definition) is 3. The van der Waals surface area contributed by atoms with Crippen molar-refractivity contribution in [2.24, 2.45) is 5.73 Å². The molecule has 0 saturated carbocycles. The molecule has 3 nitrogen and oxygen atoms in total. The maximum Gasteiger partial charge on any atom is 0.573 e. The fraction of sp³-hybridized carbons (Fsp3) is 0.188. The molecule has 196 valence electrons. The Bertz CT molecular complexity index is 1340. The van der Waals surface area contributed by atoms with E-state index in [1.165, 1.54) is 17.7 Å². The van der Waals surface area contributed by atoms with Gasteiger partial charge in [0.15, 0.2) is 0 Å². The molecular weight excluding hydrogens is 487 g/mol. The molecule has 0 aliphatic rings. The highest BCUT2D eigenvalue weighted by Gasteiger charge is 2.31. The summed E-state index contributed by atoms with van der Waals surface area (Å²) in [7, 11) is 0. The van der Waals surface area contributed by atoms with E-state index in [9.17, 15) is 13.2 Å². The summed E-state index contributed by atoms with van der Waals surface area (Å²) in [6.45, 7) is 0.776. The van der Waals surface area contributed by atoms with E-state index in [1.807, 2.05) is 72.8 Å². The predicted octanol–water partition coefficient (Wildman–Crippen LogP) is 7.81. The molecule has 0 aromatic heterocycles. The van der Waals surface area contributed by atoms with E-state index >= 15 is 0 Å². The van der Waals surface area contributed by atoms with Crippen LogP contribution >= 0.6 is 0 Å². The molecule has 38 heavy (non-hydrogen) atoms. The Morgan fingerprint density at radius 1 is 0.763 bits per heavy atom. The van der Waals surface area contributed by atoms with Gasteiger partial charge in [-0.25, -0.2) is 0 Å². The van der Waals surface area contributed by atoms with Crippen LogP contribution < -0.4 is 10.5 Å². The molecule has 0 aliphatic carbocycles. The van der Waals surface area contributed by atoms with Crippen molar-refractivity contribution >= 4 is 5.57 Å². The van der Waals surface area contributed by atoms with Crippen molar-refractivity contribution in [1.82, 2.24) is 0 Å². The van der Waals surface area contributed by atoms with Gasteiger partial charge in [0.05, 0.1) is 6.61 Å². The van der Waals surface area contributed by atoms with Crippen molar-refractivity contribution in [2.45, 2.75) is 25.6 Å². The van der Waals surface area contributed by atoms with E-state index in [4.69, 9.17) is 10.5 Å². The first-order valence-electron chi connectivity index (χ1n) is 12.5. The fourth-order valence-corrected chi connectivity index (χ4v) is 4.40. The van der Waals surface area contributed by atoms with Crippen LogP contribution in [0.2, 0.25) is 0 Å². The zero-order valence-electron chi connectivity index (χ0n) is 21.0. The SMILES string of the molecule is NCCOC(CCc1ccccc1)=C(Cc1ccccc1-c1cccc(OC(F)(F)F)c1)c1ccccc1. The lowest BCUT2D eigenvalue weighted by molar-refractivity contribution is -0.274. The number of hydrogen-bond donors (Lipinski definition) is 1. The third kappa shape index (κ3) is 7.73. The first-order valence-corrected chi connectivity index (χ1v) is 12.5. The molecule has 2 N–H and O–H groups in total. The molecule has 0 radical (unpaired) electrons. The third-order valence-corrected chi connectivity index (χ3v) is 6.10. The number of benzene rings is 4. The van der Waals surface area contributed by atoms with Crippen LogP contribution in [0, 0.1) is 0 Å². The minimum Gasteiger partial charge on any atom is -0.496 e. The summed E-state index contributed by atoms with van der Waals surface area (Å²) in [5.41, 5.74) is 11.5. The van der Waals surface area contributed by atoms with Crippen molar-refractivity contribution in [3.8, 4) is 16.9 Å². The highest BCUT2D eigenvalue weighted by atomic mass is 19.4. The standard InChI is InChI=1S/C32H30F3NO2/c33-32(34,35)38-28-16-9-15-26(22-28)29-17-8-7-14-27(29)23-30(25-12-5-2-6-13-25)31(37-21-20-36)19-18-24-10-3-1-4-11-24/h1-17,22H,18-21,23,36H2. The highest BCUT2D eigenvalue weighted by molar-refractivity contribution is 5.75. The van der Waals surface area contributed by atoms with Gasteiger partial charge in [-0.3, -0.25) is 0 Å². The van der Waals surface area contributed by atoms with Gasteiger partial charge in [0.2, 0.25) is 0 Å². The molecule has 0 unspecified atom stereocenters. The van der Waals surface area contributed by atoms with Crippen LogP contribution in [0.5, 0.6) is 5.75 Å². The van der Waals surface area contributed by atoms with E-state index in [2.05, 4.69) is 16.9 Å². The van der Waals surface area contributed by atoms with Crippen molar-refractivity contribution in [3.05, 3.63) is 132 Å². The summed E-state index contributed by atoms with van der Waals surface area (Å²) in [5, 5.41) is 0. The van der Waals surface area contributed by atoms with Crippen molar-refractivity contribution < 1.29 is 22.6 Å². The molecule has 4 aromatic carbocycles. The lowest BCUT2D eigenvalue weighted by atomic mass is 9.90. The van der Waals surface area contributed by atoms with E-state index in [1.54, 1.807) is 12.1 Å². The minimum absolute atomic E-state index is 0.251. The Labute approximate surface area is 221 Å². The molecule has 4 rings (SSSR count). The number of allylic oxidation sites excluding steroid dienone is 2. The lowest BCUT2D eigenvalue weighted by Gasteiger charge is -2.19. The normalized spacial score (nSPS) is 12.1. The van der Waals surface area contributed by atoms with Crippen LogP contribution in [0.25, 0.3) is 16.7 Å². The van der Waals surface area contributed by atoms with E-state index in [-0.39, 0.29) is 5.75 Å². The Morgan fingerprint density at radius 2 is 1.45 bits per heavy atom. The first-order chi connectivity index (χ1) is 18.4. The second-order valence-corrected chi connectivity index (χ2v) is 8.80. The van der Waals surface area contributed by atoms with Crippen molar-refractivity contribution in [2.75, 3.05) is 13.2 Å². The molecule has 4 aromatic rings. The monoisotopic (exact) mass is 517 g/mol. The average molecular weight is 518 g/mol. The van der Waals surface area contributed by atoms with Gasteiger partial charge >= 0.3 is 6.36 Å². The number of ether oxygens (including phenoxy) is 2. The van der Waals surface area contributed by atoms with Gasteiger partial charge in [-0.05, 0) is 46.4 Å². The number of nitrogens with two attached hydrogens (primary N) is 1. The lowest BCUT2D eigenvalue weighted by Crippen LogP contribution is -2.17. The molecule has 0 fully saturated rings. The summed E-state index contributed by atoms with van der Waals surface area (Å²) in [4.78, 5) is 0. The average Bonchev–Trinajstić information content (AvgIpc) is 2.93. The number of alkyl halides is 3. The van der Waals surface area contributed by atoms with Gasteiger partial charge in [-0.15, -0.1) is 13.2 Å². The van der Waals surface area contributed by atoms with Crippen molar-refractivity contribution in [1.29, 1.82) is 0 Å². The van der Waals surface area contributed by atoms with E-state index < -0.39 is 6.36 Å². The molecule has 0 bridgehead atoms. The van der Waals surface area contributed by atoms with Gasteiger partial charge in [0.25, 0.3) is 0 Å². The number of halogens is 3. The first kappa shape index (κ1) is 27.0. The van der Waals surface area contributed by atoms with Crippen LogP contribution in [0.1, 0.15) is 23.1 Å². The molecule has 0 saturated heterocycles. The van der Waals surface area contributed by atoms with Gasteiger partial charge in [0, 0.05) is 25.0 Å². The smallest absolute Gasteiger partial charge is 0.496 e. The summed E-state index contributed by atoms with van der Waals surface area (Å²) >= 11 is 0. The van der Waals surface area contributed by atoms with Gasteiger partial charge in [0.1, 0.15) is 11.5 Å². The Balaban J connectivity index is 1.74. The second-order valence-electron chi connectivity index (χ2n) is 8.80. The summed E-state index contributed by atoms with van der Waals surface area (Å²) in [5.74, 6) is 0.605. The fourth-order valence-electron chi connectivity index (χ4n) is 4.40. The maximum absolute atomic E-state index is 12.8. The zero-order chi connectivity index (χ0) is 26.8. The summed E-state index contributed by atoms with van der Waals surface area (Å²) in [6.07, 6.45) is -2.74. The third-order valence-electron chi connectivity index (χ3n) is 6.10. The van der Waals surface area contributed by atoms with Crippen molar-refractivity contribution in [3.63, 3.8) is 0 Å². The molecule has 0 amide bonds. The van der Waals surface area contributed by atoms with E-state index in [0.717, 1.165) is 34.4 Å². The molecule has 0 aliphatic heterocycles. The Hall–Kier alpha value is -4.03. The van der Waals surface area contributed by atoms with E-state index in [0.29, 0.717) is 31.6 Å². The number of aryl methyl sites for hydroxylation is 1. The summed E-state index contributed by atoms with van der Waals surface area (Å²) < 4.78 is 48.9. The Kier molecular flexibility index (Phi) is 9.22. The van der Waals surface area contributed by atoms with Crippen LogP contribution in [-0.2, 0) is 17.6 Å². The van der Waals surface area contributed by atoms with Crippen LogP contribution in [-0.4, -0.2) is 19.5 Å².